The normalized spacial score (nSPS) is 13.1. The summed E-state index contributed by atoms with van der Waals surface area (Å²) < 4.78 is 27.1. The van der Waals surface area contributed by atoms with Crippen molar-refractivity contribution < 1.29 is 18.0 Å². The molecule has 0 aliphatic rings. The van der Waals surface area contributed by atoms with Gasteiger partial charge in [0.1, 0.15) is 12.6 Å². The van der Waals surface area contributed by atoms with E-state index in [1.165, 1.54) is 4.90 Å². The Morgan fingerprint density at radius 3 is 2.18 bits per heavy atom. The lowest BCUT2D eigenvalue weighted by atomic mass is 10.1. The molecule has 0 spiro atoms. The van der Waals surface area contributed by atoms with Crippen LogP contribution in [0.25, 0.3) is 0 Å². The molecule has 33 heavy (non-hydrogen) atoms. The van der Waals surface area contributed by atoms with Gasteiger partial charge in [-0.25, -0.2) is 8.42 Å². The lowest BCUT2D eigenvalue weighted by Crippen LogP contribution is -2.53. The molecule has 0 aromatic heterocycles. The van der Waals surface area contributed by atoms with E-state index in [0.29, 0.717) is 18.7 Å². The van der Waals surface area contributed by atoms with Gasteiger partial charge in [-0.05, 0) is 79.1 Å². The molecule has 2 rings (SSSR count). The molecule has 7 nitrogen and oxygen atoms in total. The summed E-state index contributed by atoms with van der Waals surface area (Å²) in [6.07, 6.45) is 2.40. The van der Waals surface area contributed by atoms with E-state index in [2.05, 4.69) is 27.9 Å². The number of rotatable bonds is 11. The highest BCUT2D eigenvalue weighted by Crippen LogP contribution is 2.20. The van der Waals surface area contributed by atoms with E-state index >= 15 is 0 Å². The standard InChI is InChI=1S/C24H32IN3O4S/c1-5-18(2)26-24(30)19(3)27(16-15-20-9-7-6-8-10-20)23(29)17-28(33(4,31)32)22-13-11-21(25)12-14-22/h6-14,18-19H,5,15-17H2,1-4H3,(H,26,30)/t18-,19-/m0/s1. The van der Waals surface area contributed by atoms with E-state index in [1.807, 2.05) is 44.2 Å². The molecule has 0 fully saturated rings. The van der Waals surface area contributed by atoms with Crippen LogP contribution >= 0.6 is 22.6 Å². The van der Waals surface area contributed by atoms with Crippen molar-refractivity contribution in [3.05, 3.63) is 63.7 Å². The molecule has 9 heteroatoms. The maximum absolute atomic E-state index is 13.4. The van der Waals surface area contributed by atoms with Crippen LogP contribution < -0.4 is 9.62 Å². The minimum atomic E-state index is -3.71. The fraction of sp³-hybridized carbons (Fsp3) is 0.417. The molecule has 180 valence electrons. The SMILES string of the molecule is CC[C@H](C)NC(=O)[C@H](C)N(CCc1ccccc1)C(=O)CN(c1ccc(I)cc1)S(C)(=O)=O. The van der Waals surface area contributed by atoms with Crippen LogP contribution in [0.1, 0.15) is 32.8 Å². The summed E-state index contributed by atoms with van der Waals surface area (Å²) >= 11 is 2.13. The predicted molar refractivity (Wildman–Crippen MR) is 141 cm³/mol. The number of nitrogens with one attached hydrogen (secondary N) is 1. The lowest BCUT2D eigenvalue weighted by molar-refractivity contribution is -0.139. The summed E-state index contributed by atoms with van der Waals surface area (Å²) in [5, 5.41) is 2.92. The van der Waals surface area contributed by atoms with Gasteiger partial charge in [-0.15, -0.1) is 0 Å². The molecule has 0 heterocycles. The largest absolute Gasteiger partial charge is 0.352 e. The van der Waals surface area contributed by atoms with Gasteiger partial charge in [-0.2, -0.15) is 0 Å². The van der Waals surface area contributed by atoms with Gasteiger partial charge < -0.3 is 10.2 Å². The second kappa shape index (κ2) is 12.4. The molecule has 0 aliphatic carbocycles. The van der Waals surface area contributed by atoms with Gasteiger partial charge in [0, 0.05) is 16.2 Å². The van der Waals surface area contributed by atoms with Crippen molar-refractivity contribution in [2.75, 3.05) is 23.7 Å². The van der Waals surface area contributed by atoms with Crippen molar-refractivity contribution in [2.24, 2.45) is 0 Å². The number of hydrogen-bond acceptors (Lipinski definition) is 4. The van der Waals surface area contributed by atoms with Gasteiger partial charge in [0.2, 0.25) is 21.8 Å². The number of sulfonamides is 1. The Morgan fingerprint density at radius 1 is 1.03 bits per heavy atom. The van der Waals surface area contributed by atoms with Crippen LogP contribution in [0.4, 0.5) is 5.69 Å². The van der Waals surface area contributed by atoms with Gasteiger partial charge in [0.15, 0.2) is 0 Å². The summed E-state index contributed by atoms with van der Waals surface area (Å²) in [5.41, 5.74) is 1.44. The van der Waals surface area contributed by atoms with E-state index < -0.39 is 22.0 Å². The molecular weight excluding hydrogens is 553 g/mol. The molecular formula is C24H32IN3O4S. The smallest absolute Gasteiger partial charge is 0.244 e. The second-order valence-electron chi connectivity index (χ2n) is 8.06. The Balaban J connectivity index is 2.29. The molecule has 0 radical (unpaired) electrons. The molecule has 0 aliphatic heterocycles. The van der Waals surface area contributed by atoms with Crippen LogP contribution in [-0.2, 0) is 26.0 Å². The summed E-state index contributed by atoms with van der Waals surface area (Å²) in [5.74, 6) is -0.687. The topological polar surface area (TPSA) is 86.8 Å². The van der Waals surface area contributed by atoms with E-state index in [9.17, 15) is 18.0 Å². The number of amides is 2. The number of nitrogens with zero attached hydrogens (tertiary/aromatic N) is 2. The Kier molecular flexibility index (Phi) is 10.2. The zero-order chi connectivity index (χ0) is 24.6. The van der Waals surface area contributed by atoms with Gasteiger partial charge >= 0.3 is 0 Å². The summed E-state index contributed by atoms with van der Waals surface area (Å²) in [6, 6.07) is 15.8. The maximum Gasteiger partial charge on any atom is 0.244 e. The fourth-order valence-electron chi connectivity index (χ4n) is 3.26. The zero-order valence-electron chi connectivity index (χ0n) is 19.5. The molecule has 2 amide bonds. The number of carbonyl (C=O) groups excluding carboxylic acids is 2. The molecule has 1 N–H and O–H groups in total. The Hall–Kier alpha value is -2.14. The van der Waals surface area contributed by atoms with Gasteiger partial charge in [0.05, 0.1) is 11.9 Å². The first-order chi connectivity index (χ1) is 15.5. The quantitative estimate of drug-likeness (QED) is 0.410. The van der Waals surface area contributed by atoms with Crippen molar-refractivity contribution in [2.45, 2.75) is 45.7 Å². The van der Waals surface area contributed by atoms with Crippen LogP contribution in [-0.4, -0.2) is 56.6 Å². The van der Waals surface area contributed by atoms with Crippen LogP contribution in [0, 0.1) is 3.57 Å². The number of carbonyl (C=O) groups is 2. The number of benzene rings is 2. The fourth-order valence-corrected chi connectivity index (χ4v) is 4.47. The van der Waals surface area contributed by atoms with Crippen molar-refractivity contribution in [3.8, 4) is 0 Å². The van der Waals surface area contributed by atoms with E-state index in [-0.39, 0.29) is 18.5 Å². The van der Waals surface area contributed by atoms with E-state index in [4.69, 9.17) is 0 Å². The van der Waals surface area contributed by atoms with Crippen LogP contribution in [0.3, 0.4) is 0 Å². The summed E-state index contributed by atoms with van der Waals surface area (Å²) in [4.78, 5) is 27.7. The Labute approximate surface area is 210 Å². The maximum atomic E-state index is 13.4. The molecule has 0 saturated heterocycles. The Morgan fingerprint density at radius 2 is 1.64 bits per heavy atom. The zero-order valence-corrected chi connectivity index (χ0v) is 22.5. The summed E-state index contributed by atoms with van der Waals surface area (Å²) in [7, 11) is -3.71. The van der Waals surface area contributed by atoms with Crippen molar-refractivity contribution >= 4 is 50.1 Å². The van der Waals surface area contributed by atoms with Gasteiger partial charge in [-0.3, -0.25) is 13.9 Å². The van der Waals surface area contributed by atoms with Crippen LogP contribution in [0.5, 0.6) is 0 Å². The molecule has 2 atom stereocenters. The third-order valence-corrected chi connectivity index (χ3v) is 7.31. The number of halogens is 1. The Bertz CT molecular complexity index is 1030. The lowest BCUT2D eigenvalue weighted by Gasteiger charge is -2.32. The van der Waals surface area contributed by atoms with Crippen molar-refractivity contribution in [3.63, 3.8) is 0 Å². The molecule has 0 unspecified atom stereocenters. The van der Waals surface area contributed by atoms with Crippen LogP contribution in [0.2, 0.25) is 0 Å². The van der Waals surface area contributed by atoms with Crippen molar-refractivity contribution in [1.82, 2.24) is 10.2 Å². The van der Waals surface area contributed by atoms with Crippen LogP contribution in [0.15, 0.2) is 54.6 Å². The van der Waals surface area contributed by atoms with E-state index in [1.54, 1.807) is 31.2 Å². The predicted octanol–water partition coefficient (Wildman–Crippen LogP) is 3.43. The minimum absolute atomic E-state index is 0.0228. The average Bonchev–Trinajstić information content (AvgIpc) is 2.78. The second-order valence-corrected chi connectivity index (χ2v) is 11.2. The number of hydrogen-bond donors (Lipinski definition) is 1. The average molecular weight is 586 g/mol. The van der Waals surface area contributed by atoms with Crippen molar-refractivity contribution in [1.29, 1.82) is 0 Å². The third-order valence-electron chi connectivity index (χ3n) is 5.45. The first kappa shape index (κ1) is 27.1. The summed E-state index contributed by atoms with van der Waals surface area (Å²) in [6.45, 7) is 5.47. The first-order valence-corrected chi connectivity index (χ1v) is 13.8. The molecule has 0 saturated carbocycles. The first-order valence-electron chi connectivity index (χ1n) is 10.9. The third kappa shape index (κ3) is 8.29. The van der Waals surface area contributed by atoms with Gasteiger partial charge in [-0.1, -0.05) is 37.3 Å². The monoisotopic (exact) mass is 585 g/mol. The highest BCUT2D eigenvalue weighted by atomic mass is 127. The molecule has 2 aromatic rings. The molecule has 2 aromatic carbocycles. The number of anilines is 1. The molecule has 0 bridgehead atoms. The highest BCUT2D eigenvalue weighted by molar-refractivity contribution is 14.1. The van der Waals surface area contributed by atoms with Gasteiger partial charge in [0.25, 0.3) is 0 Å². The highest BCUT2D eigenvalue weighted by Gasteiger charge is 2.30. The van der Waals surface area contributed by atoms with E-state index in [0.717, 1.165) is 26.1 Å². The minimum Gasteiger partial charge on any atom is -0.352 e.